The van der Waals surface area contributed by atoms with Gasteiger partial charge in [-0.05, 0) is 32.1 Å². The van der Waals surface area contributed by atoms with Crippen molar-refractivity contribution in [3.05, 3.63) is 29.8 Å². The van der Waals surface area contributed by atoms with E-state index in [2.05, 4.69) is 37.2 Å². The molecule has 2 heteroatoms. The molecule has 0 spiro atoms. The van der Waals surface area contributed by atoms with Crippen molar-refractivity contribution in [3.8, 4) is 5.75 Å². The van der Waals surface area contributed by atoms with Crippen LogP contribution in [0.3, 0.4) is 0 Å². The number of fused-ring (bicyclic) bond motifs is 1. The van der Waals surface area contributed by atoms with Gasteiger partial charge in [0.1, 0.15) is 5.75 Å². The van der Waals surface area contributed by atoms with Crippen LogP contribution in [0, 0.1) is 5.92 Å². The van der Waals surface area contributed by atoms with E-state index in [9.17, 15) is 0 Å². The Morgan fingerprint density at radius 2 is 2.14 bits per heavy atom. The molecule has 0 fully saturated rings. The summed E-state index contributed by atoms with van der Waals surface area (Å²) in [5.74, 6) is 1.71. The van der Waals surface area contributed by atoms with Gasteiger partial charge < -0.3 is 9.64 Å². The van der Waals surface area contributed by atoms with Gasteiger partial charge in [0.2, 0.25) is 0 Å². The molecule has 2 rings (SSSR count). The fourth-order valence-corrected chi connectivity index (χ4v) is 2.02. The third-order valence-electron chi connectivity index (χ3n) is 2.58. The van der Waals surface area contributed by atoms with Crippen molar-refractivity contribution >= 4 is 0 Å². The zero-order valence-electron chi connectivity index (χ0n) is 8.86. The van der Waals surface area contributed by atoms with Crippen LogP contribution in [0.5, 0.6) is 5.75 Å². The standard InChI is InChI=1S/C12H17NO/c1-13(2)8-10-7-11-5-3-4-6-12(11)14-9-10/h3-6,10H,7-9H2,1-2H3. The van der Waals surface area contributed by atoms with Gasteiger partial charge in [-0.1, -0.05) is 18.2 Å². The van der Waals surface area contributed by atoms with Gasteiger partial charge in [-0.25, -0.2) is 0 Å². The van der Waals surface area contributed by atoms with E-state index < -0.39 is 0 Å². The number of para-hydroxylation sites is 1. The highest BCUT2D eigenvalue weighted by molar-refractivity contribution is 5.35. The largest absolute Gasteiger partial charge is 0.493 e. The lowest BCUT2D eigenvalue weighted by Gasteiger charge is -2.27. The molecule has 0 radical (unpaired) electrons. The molecule has 1 heterocycles. The summed E-state index contributed by atoms with van der Waals surface area (Å²) in [4.78, 5) is 2.22. The molecule has 1 atom stereocenters. The molecule has 1 aromatic carbocycles. The molecule has 1 unspecified atom stereocenters. The first kappa shape index (κ1) is 9.53. The molecule has 1 aromatic rings. The molecule has 0 saturated carbocycles. The quantitative estimate of drug-likeness (QED) is 0.706. The van der Waals surface area contributed by atoms with E-state index in [1.807, 2.05) is 6.07 Å². The topological polar surface area (TPSA) is 12.5 Å². The highest BCUT2D eigenvalue weighted by Crippen LogP contribution is 2.26. The number of nitrogens with zero attached hydrogens (tertiary/aromatic N) is 1. The molecule has 0 amide bonds. The second kappa shape index (κ2) is 4.01. The smallest absolute Gasteiger partial charge is 0.122 e. The maximum absolute atomic E-state index is 5.71. The van der Waals surface area contributed by atoms with Crippen LogP contribution >= 0.6 is 0 Å². The summed E-state index contributed by atoms with van der Waals surface area (Å²) in [7, 11) is 4.22. The van der Waals surface area contributed by atoms with Gasteiger partial charge in [-0.2, -0.15) is 0 Å². The Morgan fingerprint density at radius 1 is 1.36 bits per heavy atom. The lowest BCUT2D eigenvalue weighted by atomic mass is 9.96. The first-order valence-corrected chi connectivity index (χ1v) is 5.11. The zero-order valence-corrected chi connectivity index (χ0v) is 8.86. The monoisotopic (exact) mass is 191 g/mol. The highest BCUT2D eigenvalue weighted by Gasteiger charge is 2.19. The molecule has 1 aliphatic rings. The van der Waals surface area contributed by atoms with Crippen LogP contribution in [0.4, 0.5) is 0 Å². The second-order valence-electron chi connectivity index (χ2n) is 4.25. The Bertz CT molecular complexity index is 309. The predicted molar refractivity (Wildman–Crippen MR) is 57.7 cm³/mol. The summed E-state index contributed by atoms with van der Waals surface area (Å²) in [5, 5.41) is 0. The summed E-state index contributed by atoms with van der Waals surface area (Å²) in [6, 6.07) is 8.34. The summed E-state index contributed by atoms with van der Waals surface area (Å²) < 4.78 is 5.71. The van der Waals surface area contributed by atoms with Crippen molar-refractivity contribution < 1.29 is 4.74 Å². The third-order valence-corrected chi connectivity index (χ3v) is 2.58. The van der Waals surface area contributed by atoms with E-state index in [0.717, 1.165) is 25.3 Å². The lowest BCUT2D eigenvalue weighted by Crippen LogP contribution is -2.30. The minimum Gasteiger partial charge on any atom is -0.493 e. The zero-order chi connectivity index (χ0) is 9.97. The van der Waals surface area contributed by atoms with Crippen molar-refractivity contribution in [2.75, 3.05) is 27.2 Å². The van der Waals surface area contributed by atoms with Crippen molar-refractivity contribution in [1.82, 2.24) is 4.90 Å². The predicted octanol–water partition coefficient (Wildman–Crippen LogP) is 1.80. The van der Waals surface area contributed by atoms with E-state index in [-0.39, 0.29) is 0 Å². The molecular weight excluding hydrogens is 174 g/mol. The van der Waals surface area contributed by atoms with E-state index >= 15 is 0 Å². The van der Waals surface area contributed by atoms with Crippen LogP contribution in [0.15, 0.2) is 24.3 Å². The second-order valence-corrected chi connectivity index (χ2v) is 4.25. The molecule has 14 heavy (non-hydrogen) atoms. The van der Waals surface area contributed by atoms with Gasteiger partial charge in [0.15, 0.2) is 0 Å². The van der Waals surface area contributed by atoms with Crippen molar-refractivity contribution in [1.29, 1.82) is 0 Å². The molecule has 0 bridgehead atoms. The Balaban J connectivity index is 2.06. The molecule has 1 aliphatic heterocycles. The Hall–Kier alpha value is -1.02. The minimum atomic E-state index is 0.639. The summed E-state index contributed by atoms with van der Waals surface area (Å²) in [6.45, 7) is 1.96. The SMILES string of the molecule is CN(C)CC1COc2ccccc2C1. The van der Waals surface area contributed by atoms with Gasteiger partial charge in [0.05, 0.1) is 6.61 Å². The van der Waals surface area contributed by atoms with E-state index in [0.29, 0.717) is 5.92 Å². The van der Waals surface area contributed by atoms with Gasteiger partial charge in [-0.3, -0.25) is 0 Å². The van der Waals surface area contributed by atoms with Crippen LogP contribution in [0.2, 0.25) is 0 Å². The van der Waals surface area contributed by atoms with E-state index in [1.165, 1.54) is 5.56 Å². The van der Waals surface area contributed by atoms with E-state index in [1.54, 1.807) is 0 Å². The maximum atomic E-state index is 5.71. The normalized spacial score (nSPS) is 20.4. The van der Waals surface area contributed by atoms with Crippen LogP contribution in [-0.2, 0) is 6.42 Å². The van der Waals surface area contributed by atoms with Crippen LogP contribution < -0.4 is 4.74 Å². The fraction of sp³-hybridized carbons (Fsp3) is 0.500. The molecule has 0 aromatic heterocycles. The molecule has 0 saturated heterocycles. The Labute approximate surface area is 85.5 Å². The average Bonchev–Trinajstić information content (AvgIpc) is 2.17. The summed E-state index contributed by atoms with van der Waals surface area (Å²) in [5.41, 5.74) is 1.35. The first-order valence-electron chi connectivity index (χ1n) is 5.11. The molecule has 0 aliphatic carbocycles. The van der Waals surface area contributed by atoms with Gasteiger partial charge in [0.25, 0.3) is 0 Å². The minimum absolute atomic E-state index is 0.639. The third kappa shape index (κ3) is 2.07. The highest BCUT2D eigenvalue weighted by atomic mass is 16.5. The van der Waals surface area contributed by atoms with Gasteiger partial charge in [0, 0.05) is 12.5 Å². The molecular formula is C12H17NO. The first-order chi connectivity index (χ1) is 6.75. The summed E-state index contributed by atoms with van der Waals surface area (Å²) in [6.07, 6.45) is 1.15. The van der Waals surface area contributed by atoms with Crippen LogP contribution in [-0.4, -0.2) is 32.1 Å². The number of benzene rings is 1. The fourth-order valence-electron chi connectivity index (χ4n) is 2.02. The average molecular weight is 191 g/mol. The Kier molecular flexibility index (Phi) is 2.73. The van der Waals surface area contributed by atoms with Gasteiger partial charge >= 0.3 is 0 Å². The van der Waals surface area contributed by atoms with E-state index in [4.69, 9.17) is 4.74 Å². The molecule has 0 N–H and O–H groups in total. The maximum Gasteiger partial charge on any atom is 0.122 e. The van der Waals surface area contributed by atoms with Crippen LogP contribution in [0.1, 0.15) is 5.56 Å². The number of rotatable bonds is 2. The van der Waals surface area contributed by atoms with Crippen molar-refractivity contribution in [3.63, 3.8) is 0 Å². The van der Waals surface area contributed by atoms with Crippen LogP contribution in [0.25, 0.3) is 0 Å². The van der Waals surface area contributed by atoms with Crippen molar-refractivity contribution in [2.45, 2.75) is 6.42 Å². The lowest BCUT2D eigenvalue weighted by molar-refractivity contribution is 0.188. The molecule has 2 nitrogen and oxygen atoms in total. The Morgan fingerprint density at radius 3 is 2.93 bits per heavy atom. The molecule has 76 valence electrons. The van der Waals surface area contributed by atoms with Crippen molar-refractivity contribution in [2.24, 2.45) is 5.92 Å². The number of ether oxygens (including phenoxy) is 1. The number of hydrogen-bond donors (Lipinski definition) is 0. The van der Waals surface area contributed by atoms with Gasteiger partial charge in [-0.15, -0.1) is 0 Å². The summed E-state index contributed by atoms with van der Waals surface area (Å²) >= 11 is 0. The number of hydrogen-bond acceptors (Lipinski definition) is 2.